The summed E-state index contributed by atoms with van der Waals surface area (Å²) in [5.41, 5.74) is 0.712. The number of hydrogen-bond acceptors (Lipinski definition) is 3. The number of anilines is 1. The summed E-state index contributed by atoms with van der Waals surface area (Å²) >= 11 is 0. The molecule has 1 amide bonds. The highest BCUT2D eigenvalue weighted by molar-refractivity contribution is 5.95. The first-order chi connectivity index (χ1) is 8.20. The summed E-state index contributed by atoms with van der Waals surface area (Å²) in [5.74, 6) is 0.654. The van der Waals surface area contributed by atoms with E-state index in [0.717, 1.165) is 0 Å². The molecular weight excluding hydrogens is 252 g/mol. The number of rotatable bonds is 5. The van der Waals surface area contributed by atoms with Crippen LogP contribution in [-0.2, 0) is 4.79 Å². The Hall–Kier alpha value is -1.26. The van der Waals surface area contributed by atoms with Crippen molar-refractivity contribution in [1.82, 2.24) is 5.32 Å². The summed E-state index contributed by atoms with van der Waals surface area (Å²) in [6.07, 6.45) is 2.35. The zero-order chi connectivity index (χ0) is 12.3. The van der Waals surface area contributed by atoms with Crippen LogP contribution in [0.15, 0.2) is 24.3 Å². The highest BCUT2D eigenvalue weighted by Gasteiger charge is 2.25. The number of ether oxygens (including phenoxy) is 1. The molecule has 1 aromatic carbocycles. The van der Waals surface area contributed by atoms with Gasteiger partial charge in [0.15, 0.2) is 0 Å². The molecule has 0 saturated heterocycles. The summed E-state index contributed by atoms with van der Waals surface area (Å²) < 4.78 is 5.18. The lowest BCUT2D eigenvalue weighted by Crippen LogP contribution is -2.39. The Morgan fingerprint density at radius 1 is 1.39 bits per heavy atom. The standard InChI is InChI=1S/C13H18N2O2.ClH/c1-9(14-10-7-8-10)13(16)15-11-5-3-4-6-12(11)17-2;/h3-6,9-10,14H,7-8H2,1-2H3,(H,15,16);1H. The summed E-state index contributed by atoms with van der Waals surface area (Å²) in [6, 6.07) is 7.76. The molecule has 1 aliphatic carbocycles. The van der Waals surface area contributed by atoms with Crippen LogP contribution < -0.4 is 15.4 Å². The van der Waals surface area contributed by atoms with Crippen LogP contribution in [0.2, 0.25) is 0 Å². The number of methoxy groups -OCH3 is 1. The number of hydrogen-bond donors (Lipinski definition) is 2. The number of amides is 1. The number of nitrogens with one attached hydrogen (secondary N) is 2. The van der Waals surface area contributed by atoms with Crippen molar-refractivity contribution in [2.45, 2.75) is 31.8 Å². The van der Waals surface area contributed by atoms with E-state index < -0.39 is 0 Å². The molecule has 0 aliphatic heterocycles. The van der Waals surface area contributed by atoms with Gasteiger partial charge in [0.1, 0.15) is 5.75 Å². The van der Waals surface area contributed by atoms with Crippen LogP contribution >= 0.6 is 12.4 Å². The fourth-order valence-electron chi connectivity index (χ4n) is 1.67. The van der Waals surface area contributed by atoms with Gasteiger partial charge in [-0.2, -0.15) is 0 Å². The fourth-order valence-corrected chi connectivity index (χ4v) is 1.67. The van der Waals surface area contributed by atoms with Gasteiger partial charge in [-0.05, 0) is 31.9 Å². The molecule has 0 heterocycles. The molecule has 1 aliphatic rings. The van der Waals surface area contributed by atoms with E-state index >= 15 is 0 Å². The van der Waals surface area contributed by atoms with Crippen molar-refractivity contribution in [2.24, 2.45) is 0 Å². The van der Waals surface area contributed by atoms with Crippen LogP contribution in [0, 0.1) is 0 Å². The van der Waals surface area contributed by atoms with Crippen molar-refractivity contribution in [3.8, 4) is 5.75 Å². The average Bonchev–Trinajstić information content (AvgIpc) is 3.13. The zero-order valence-electron chi connectivity index (χ0n) is 10.6. The summed E-state index contributed by atoms with van der Waals surface area (Å²) in [5, 5.41) is 6.13. The highest BCUT2D eigenvalue weighted by Crippen LogP contribution is 2.23. The number of carbonyl (C=O) groups is 1. The lowest BCUT2D eigenvalue weighted by molar-refractivity contribution is -0.117. The van der Waals surface area contributed by atoms with Crippen molar-refractivity contribution in [3.05, 3.63) is 24.3 Å². The Morgan fingerprint density at radius 3 is 2.67 bits per heavy atom. The Balaban J connectivity index is 0.00000162. The molecule has 1 atom stereocenters. The van der Waals surface area contributed by atoms with E-state index in [1.807, 2.05) is 31.2 Å². The summed E-state index contributed by atoms with van der Waals surface area (Å²) in [4.78, 5) is 11.9. The minimum absolute atomic E-state index is 0. The van der Waals surface area contributed by atoms with E-state index in [2.05, 4.69) is 10.6 Å². The predicted octanol–water partition coefficient (Wildman–Crippen LogP) is 2.20. The Morgan fingerprint density at radius 2 is 2.06 bits per heavy atom. The van der Waals surface area contributed by atoms with E-state index in [1.165, 1.54) is 12.8 Å². The van der Waals surface area contributed by atoms with Gasteiger partial charge in [-0.15, -0.1) is 12.4 Å². The number of halogens is 1. The number of carbonyl (C=O) groups excluding carboxylic acids is 1. The van der Waals surface area contributed by atoms with Crippen molar-refractivity contribution in [1.29, 1.82) is 0 Å². The molecule has 0 radical (unpaired) electrons. The Bertz CT molecular complexity index is 408. The molecule has 0 aromatic heterocycles. The van der Waals surface area contributed by atoms with Crippen molar-refractivity contribution < 1.29 is 9.53 Å². The second-order valence-electron chi connectivity index (χ2n) is 4.35. The van der Waals surface area contributed by atoms with Crippen molar-refractivity contribution in [3.63, 3.8) is 0 Å². The smallest absolute Gasteiger partial charge is 0.241 e. The van der Waals surface area contributed by atoms with Crippen LogP contribution in [0.5, 0.6) is 5.75 Å². The van der Waals surface area contributed by atoms with E-state index in [1.54, 1.807) is 7.11 Å². The minimum atomic E-state index is -0.174. The van der Waals surface area contributed by atoms with Crippen LogP contribution in [-0.4, -0.2) is 25.1 Å². The molecule has 4 nitrogen and oxygen atoms in total. The third-order valence-electron chi connectivity index (χ3n) is 2.82. The van der Waals surface area contributed by atoms with Gasteiger partial charge in [0.25, 0.3) is 0 Å². The third-order valence-corrected chi connectivity index (χ3v) is 2.82. The van der Waals surface area contributed by atoms with Gasteiger partial charge in [0.2, 0.25) is 5.91 Å². The highest BCUT2D eigenvalue weighted by atomic mass is 35.5. The molecule has 2 rings (SSSR count). The monoisotopic (exact) mass is 270 g/mol. The van der Waals surface area contributed by atoms with E-state index in [4.69, 9.17) is 4.74 Å². The molecule has 2 N–H and O–H groups in total. The summed E-state index contributed by atoms with van der Waals surface area (Å²) in [7, 11) is 1.59. The second kappa shape index (κ2) is 6.61. The Labute approximate surface area is 114 Å². The first-order valence-electron chi connectivity index (χ1n) is 5.90. The van der Waals surface area contributed by atoms with Gasteiger partial charge in [0.05, 0.1) is 18.8 Å². The van der Waals surface area contributed by atoms with E-state index in [9.17, 15) is 4.79 Å². The lowest BCUT2D eigenvalue weighted by Gasteiger charge is -2.15. The lowest BCUT2D eigenvalue weighted by atomic mass is 10.2. The second-order valence-corrected chi connectivity index (χ2v) is 4.35. The molecule has 1 saturated carbocycles. The Kier molecular flexibility index (Phi) is 5.44. The maximum atomic E-state index is 11.9. The van der Waals surface area contributed by atoms with Crippen molar-refractivity contribution in [2.75, 3.05) is 12.4 Å². The molecule has 1 aromatic rings. The van der Waals surface area contributed by atoms with Gasteiger partial charge in [-0.25, -0.2) is 0 Å². The van der Waals surface area contributed by atoms with Crippen molar-refractivity contribution >= 4 is 24.0 Å². The molecule has 0 spiro atoms. The molecule has 1 unspecified atom stereocenters. The first kappa shape index (κ1) is 14.8. The molecule has 0 bridgehead atoms. The fraction of sp³-hybridized carbons (Fsp3) is 0.462. The van der Waals surface area contributed by atoms with Gasteiger partial charge >= 0.3 is 0 Å². The van der Waals surface area contributed by atoms with Crippen LogP contribution in [0.4, 0.5) is 5.69 Å². The average molecular weight is 271 g/mol. The molecule has 18 heavy (non-hydrogen) atoms. The summed E-state index contributed by atoms with van der Waals surface area (Å²) in [6.45, 7) is 1.88. The van der Waals surface area contributed by atoms with Gasteiger partial charge in [-0.3, -0.25) is 4.79 Å². The SMILES string of the molecule is COc1ccccc1NC(=O)C(C)NC1CC1.Cl. The minimum Gasteiger partial charge on any atom is -0.495 e. The van der Waals surface area contributed by atoms with E-state index in [0.29, 0.717) is 17.5 Å². The molecule has 1 fully saturated rings. The van der Waals surface area contributed by atoms with Crippen LogP contribution in [0.1, 0.15) is 19.8 Å². The number of benzene rings is 1. The zero-order valence-corrected chi connectivity index (χ0v) is 11.4. The molecule has 100 valence electrons. The molecular formula is C13H19ClN2O2. The quantitative estimate of drug-likeness (QED) is 0.862. The third kappa shape index (κ3) is 3.89. The largest absolute Gasteiger partial charge is 0.495 e. The maximum Gasteiger partial charge on any atom is 0.241 e. The molecule has 5 heteroatoms. The van der Waals surface area contributed by atoms with Gasteiger partial charge in [-0.1, -0.05) is 12.1 Å². The predicted molar refractivity (Wildman–Crippen MR) is 74.5 cm³/mol. The normalized spacial score (nSPS) is 15.4. The van der Waals surface area contributed by atoms with Crippen LogP contribution in [0.3, 0.4) is 0 Å². The van der Waals surface area contributed by atoms with Gasteiger partial charge in [0, 0.05) is 6.04 Å². The van der Waals surface area contributed by atoms with Gasteiger partial charge < -0.3 is 15.4 Å². The maximum absolute atomic E-state index is 11.9. The number of para-hydroxylation sites is 2. The topological polar surface area (TPSA) is 50.4 Å². The van der Waals surface area contributed by atoms with Crippen LogP contribution in [0.25, 0.3) is 0 Å². The van der Waals surface area contributed by atoms with E-state index in [-0.39, 0.29) is 24.4 Å². The first-order valence-corrected chi connectivity index (χ1v) is 5.90.